The zero-order valence-corrected chi connectivity index (χ0v) is 19.8. The number of carbonyl (C=O) groups is 2. The number of hydrogen-bond acceptors (Lipinski definition) is 5. The van der Waals surface area contributed by atoms with Gasteiger partial charge in [0.1, 0.15) is 5.75 Å². The summed E-state index contributed by atoms with van der Waals surface area (Å²) in [6, 6.07) is 11.4. The third-order valence-corrected chi connectivity index (χ3v) is 7.88. The highest BCUT2D eigenvalue weighted by molar-refractivity contribution is 7.89. The summed E-state index contributed by atoms with van der Waals surface area (Å²) in [4.78, 5) is 24.8. The van der Waals surface area contributed by atoms with E-state index >= 15 is 0 Å². The van der Waals surface area contributed by atoms with Gasteiger partial charge in [-0.05, 0) is 62.9 Å². The molecule has 8 nitrogen and oxygen atoms in total. The molecular weight excluding hydrogens is 442 g/mol. The van der Waals surface area contributed by atoms with E-state index in [0.29, 0.717) is 55.9 Å². The molecule has 0 saturated carbocycles. The minimum Gasteiger partial charge on any atom is -0.508 e. The van der Waals surface area contributed by atoms with Crippen LogP contribution in [0.1, 0.15) is 40.7 Å². The van der Waals surface area contributed by atoms with E-state index in [1.165, 1.54) is 16.4 Å². The number of carbonyl (C=O) groups excluding carboxylic acids is 2. The number of sulfonamides is 1. The van der Waals surface area contributed by atoms with Crippen molar-refractivity contribution in [1.82, 2.24) is 14.9 Å². The van der Waals surface area contributed by atoms with E-state index in [9.17, 15) is 23.1 Å². The van der Waals surface area contributed by atoms with Crippen LogP contribution in [0, 0.1) is 19.8 Å². The molecule has 1 fully saturated rings. The first-order valence-corrected chi connectivity index (χ1v) is 12.5. The summed E-state index contributed by atoms with van der Waals surface area (Å²) in [5.41, 5.74) is 2.12. The van der Waals surface area contributed by atoms with Crippen LogP contribution in [0.3, 0.4) is 0 Å². The Balaban J connectivity index is 1.40. The molecule has 0 unspecified atom stereocenters. The number of phenols is 1. The van der Waals surface area contributed by atoms with Gasteiger partial charge in [0, 0.05) is 37.7 Å². The molecule has 1 saturated heterocycles. The molecule has 0 spiro atoms. The molecule has 3 rings (SSSR count). The van der Waals surface area contributed by atoms with Gasteiger partial charge < -0.3 is 15.7 Å². The van der Waals surface area contributed by atoms with E-state index in [4.69, 9.17) is 0 Å². The highest BCUT2D eigenvalue weighted by Crippen LogP contribution is 2.26. The first-order valence-electron chi connectivity index (χ1n) is 11.1. The van der Waals surface area contributed by atoms with Gasteiger partial charge in [0.05, 0.1) is 4.90 Å². The molecule has 2 aromatic carbocycles. The van der Waals surface area contributed by atoms with Crippen LogP contribution in [0.15, 0.2) is 47.4 Å². The molecule has 0 radical (unpaired) electrons. The van der Waals surface area contributed by atoms with Crippen molar-refractivity contribution in [1.29, 1.82) is 0 Å². The summed E-state index contributed by atoms with van der Waals surface area (Å²) >= 11 is 0. The topological polar surface area (TPSA) is 116 Å². The average Bonchev–Trinajstić information content (AvgIpc) is 2.78. The molecule has 1 heterocycles. The van der Waals surface area contributed by atoms with Crippen LogP contribution in [0.25, 0.3) is 0 Å². The van der Waals surface area contributed by atoms with Crippen LogP contribution in [-0.2, 0) is 14.8 Å². The van der Waals surface area contributed by atoms with Crippen LogP contribution in [0.4, 0.5) is 0 Å². The lowest BCUT2D eigenvalue weighted by Crippen LogP contribution is -2.43. The van der Waals surface area contributed by atoms with Gasteiger partial charge in [0.25, 0.3) is 5.91 Å². The van der Waals surface area contributed by atoms with Crippen molar-refractivity contribution in [2.45, 2.75) is 38.0 Å². The van der Waals surface area contributed by atoms with Crippen molar-refractivity contribution in [3.8, 4) is 5.75 Å². The maximum absolute atomic E-state index is 13.0. The summed E-state index contributed by atoms with van der Waals surface area (Å²) in [6.45, 7) is 5.16. The molecule has 2 amide bonds. The number of aromatic hydroxyl groups is 1. The molecular formula is C24H31N3O5S. The van der Waals surface area contributed by atoms with Gasteiger partial charge in [0.15, 0.2) is 0 Å². The van der Waals surface area contributed by atoms with E-state index in [1.54, 1.807) is 31.2 Å². The van der Waals surface area contributed by atoms with Crippen LogP contribution in [0.5, 0.6) is 5.75 Å². The molecule has 2 aromatic rings. The van der Waals surface area contributed by atoms with Gasteiger partial charge in [0.2, 0.25) is 15.9 Å². The van der Waals surface area contributed by atoms with Crippen LogP contribution < -0.4 is 10.6 Å². The molecule has 9 heteroatoms. The summed E-state index contributed by atoms with van der Waals surface area (Å²) in [5.74, 6) is -0.562. The maximum Gasteiger partial charge on any atom is 0.251 e. The highest BCUT2D eigenvalue weighted by Gasteiger charge is 2.32. The normalized spacial score (nSPS) is 15.2. The summed E-state index contributed by atoms with van der Waals surface area (Å²) < 4.78 is 27.4. The first kappa shape index (κ1) is 24.7. The van der Waals surface area contributed by atoms with Crippen LogP contribution in [0.2, 0.25) is 0 Å². The number of phenolic OH excluding ortho intramolecular Hbond substituents is 1. The van der Waals surface area contributed by atoms with Crippen molar-refractivity contribution in [2.75, 3.05) is 26.2 Å². The number of piperidine rings is 1. The quantitative estimate of drug-likeness (QED) is 0.509. The van der Waals surface area contributed by atoms with Crippen LogP contribution in [-0.4, -0.2) is 55.8 Å². The lowest BCUT2D eigenvalue weighted by Gasteiger charge is -2.31. The molecule has 1 aliphatic heterocycles. The molecule has 1 aliphatic rings. The Kier molecular flexibility index (Phi) is 8.10. The van der Waals surface area contributed by atoms with E-state index in [0.717, 1.165) is 11.1 Å². The monoisotopic (exact) mass is 473 g/mol. The Morgan fingerprint density at radius 3 is 2.39 bits per heavy atom. The number of rotatable bonds is 8. The second kappa shape index (κ2) is 10.8. The Bertz CT molecular complexity index is 1110. The number of hydrogen-bond donors (Lipinski definition) is 3. The maximum atomic E-state index is 13.0. The Hall–Kier alpha value is -2.91. The van der Waals surface area contributed by atoms with Crippen LogP contribution >= 0.6 is 0 Å². The number of amides is 2. The Labute approximate surface area is 195 Å². The highest BCUT2D eigenvalue weighted by atomic mass is 32.2. The smallest absolute Gasteiger partial charge is 0.251 e. The zero-order chi connectivity index (χ0) is 24.0. The van der Waals surface area contributed by atoms with Crippen molar-refractivity contribution in [3.63, 3.8) is 0 Å². The molecule has 0 atom stereocenters. The zero-order valence-electron chi connectivity index (χ0n) is 19.0. The van der Waals surface area contributed by atoms with Gasteiger partial charge in [-0.25, -0.2) is 8.42 Å². The van der Waals surface area contributed by atoms with Gasteiger partial charge in [-0.15, -0.1) is 0 Å². The Morgan fingerprint density at radius 2 is 1.73 bits per heavy atom. The molecule has 33 heavy (non-hydrogen) atoms. The fourth-order valence-electron chi connectivity index (χ4n) is 3.98. The van der Waals surface area contributed by atoms with Crippen molar-refractivity contribution in [2.24, 2.45) is 5.92 Å². The van der Waals surface area contributed by atoms with E-state index in [2.05, 4.69) is 10.6 Å². The lowest BCUT2D eigenvalue weighted by molar-refractivity contribution is -0.126. The number of aryl methyl sites for hydroxylation is 2. The minimum absolute atomic E-state index is 0.0303. The summed E-state index contributed by atoms with van der Waals surface area (Å²) in [5, 5.41) is 15.1. The fraction of sp³-hybridized carbons (Fsp3) is 0.417. The number of nitrogens with one attached hydrogen (secondary N) is 2. The molecule has 0 aromatic heterocycles. The first-order chi connectivity index (χ1) is 15.7. The summed E-state index contributed by atoms with van der Waals surface area (Å²) in [7, 11) is -3.57. The second-order valence-electron chi connectivity index (χ2n) is 8.40. The molecule has 0 aliphatic carbocycles. The van der Waals surface area contributed by atoms with Gasteiger partial charge >= 0.3 is 0 Å². The van der Waals surface area contributed by atoms with Gasteiger partial charge in [-0.1, -0.05) is 23.8 Å². The molecule has 0 bridgehead atoms. The van der Waals surface area contributed by atoms with Crippen molar-refractivity contribution in [3.05, 3.63) is 59.2 Å². The summed E-state index contributed by atoms with van der Waals surface area (Å²) in [6.07, 6.45) is 1.52. The van der Waals surface area contributed by atoms with Gasteiger partial charge in [-0.2, -0.15) is 4.31 Å². The van der Waals surface area contributed by atoms with Crippen molar-refractivity contribution < 1.29 is 23.1 Å². The standard InChI is InChI=1S/C24H31N3O5S/c1-17-7-8-22(18(2)15-17)33(31,32)27-13-9-19(10-14-27)23(29)25-11-4-12-26-24(30)20-5-3-6-21(28)16-20/h3,5-8,15-16,19,28H,4,9-14H2,1-2H3,(H,25,29)(H,26,30). The number of nitrogens with zero attached hydrogens (tertiary/aromatic N) is 1. The van der Waals surface area contributed by atoms with Gasteiger partial charge in [-0.3, -0.25) is 9.59 Å². The average molecular weight is 474 g/mol. The second-order valence-corrected chi connectivity index (χ2v) is 10.3. The SMILES string of the molecule is Cc1ccc(S(=O)(=O)N2CCC(C(=O)NCCCNC(=O)c3cccc(O)c3)CC2)c(C)c1. The predicted octanol–water partition coefficient (Wildman–Crippen LogP) is 2.35. The minimum atomic E-state index is -3.57. The predicted molar refractivity (Wildman–Crippen MR) is 125 cm³/mol. The molecule has 178 valence electrons. The van der Waals surface area contributed by atoms with E-state index in [-0.39, 0.29) is 23.5 Å². The largest absolute Gasteiger partial charge is 0.508 e. The third kappa shape index (κ3) is 6.33. The van der Waals surface area contributed by atoms with E-state index in [1.807, 2.05) is 13.0 Å². The number of benzene rings is 2. The van der Waals surface area contributed by atoms with Crippen molar-refractivity contribution >= 4 is 21.8 Å². The lowest BCUT2D eigenvalue weighted by atomic mass is 9.97. The molecule has 3 N–H and O–H groups in total. The van der Waals surface area contributed by atoms with E-state index < -0.39 is 10.0 Å². The third-order valence-electron chi connectivity index (χ3n) is 5.82. The Morgan fingerprint density at radius 1 is 1.03 bits per heavy atom. The fourth-order valence-corrected chi connectivity index (χ4v) is 5.66.